The zero-order valence-electron chi connectivity index (χ0n) is 13.4. The number of nitrogens with one attached hydrogen (secondary N) is 1. The van der Waals surface area contributed by atoms with Gasteiger partial charge in [-0.3, -0.25) is 0 Å². The van der Waals surface area contributed by atoms with Crippen LogP contribution in [0.2, 0.25) is 0 Å². The van der Waals surface area contributed by atoms with Crippen molar-refractivity contribution in [3.63, 3.8) is 0 Å². The van der Waals surface area contributed by atoms with Crippen molar-refractivity contribution in [3.05, 3.63) is 0 Å². The minimum Gasteiger partial charge on any atom is -0.381 e. The fourth-order valence-electron chi connectivity index (χ4n) is 4.48. The normalized spacial score (nSPS) is 34.4. The smallest absolute Gasteiger partial charge is 0.0468 e. The summed E-state index contributed by atoms with van der Waals surface area (Å²) in [4.78, 5) is 0. The van der Waals surface area contributed by atoms with E-state index in [4.69, 9.17) is 4.74 Å². The predicted octanol–water partition coefficient (Wildman–Crippen LogP) is 3.85. The monoisotopic (exact) mass is 267 g/mol. The van der Waals surface area contributed by atoms with Gasteiger partial charge in [0.15, 0.2) is 0 Å². The first-order valence-corrected chi connectivity index (χ1v) is 8.28. The third-order valence-electron chi connectivity index (χ3n) is 5.64. The van der Waals surface area contributed by atoms with Gasteiger partial charge in [-0.25, -0.2) is 0 Å². The van der Waals surface area contributed by atoms with Gasteiger partial charge in [0.2, 0.25) is 0 Å². The number of hydrogen-bond acceptors (Lipinski definition) is 2. The second-order valence-electron chi connectivity index (χ2n) is 7.67. The summed E-state index contributed by atoms with van der Waals surface area (Å²) in [6, 6.07) is 0.721. The predicted molar refractivity (Wildman–Crippen MR) is 81.3 cm³/mol. The maximum atomic E-state index is 5.50. The summed E-state index contributed by atoms with van der Waals surface area (Å²) in [5.74, 6) is 2.63. The van der Waals surface area contributed by atoms with Crippen molar-refractivity contribution in [2.45, 2.75) is 65.3 Å². The van der Waals surface area contributed by atoms with Crippen LogP contribution in [0.5, 0.6) is 0 Å². The summed E-state index contributed by atoms with van der Waals surface area (Å²) in [5, 5.41) is 3.60. The Morgan fingerprint density at radius 2 is 1.79 bits per heavy atom. The molecule has 2 heteroatoms. The van der Waals surface area contributed by atoms with E-state index in [2.05, 4.69) is 33.1 Å². The minimum atomic E-state index is 0.468. The van der Waals surface area contributed by atoms with Crippen molar-refractivity contribution in [1.29, 1.82) is 0 Å². The van der Waals surface area contributed by atoms with E-state index in [1.807, 2.05) is 0 Å². The molecule has 1 N–H and O–H groups in total. The molecule has 2 fully saturated rings. The molecule has 0 aromatic rings. The SMILES string of the molecule is CNC1CC(C)CCC1C(C)(C)CC1CCOCC1. The van der Waals surface area contributed by atoms with E-state index in [-0.39, 0.29) is 0 Å². The molecule has 2 rings (SSSR count). The van der Waals surface area contributed by atoms with Crippen LogP contribution in [-0.4, -0.2) is 26.3 Å². The van der Waals surface area contributed by atoms with Crippen LogP contribution in [0.4, 0.5) is 0 Å². The fourth-order valence-corrected chi connectivity index (χ4v) is 4.48. The van der Waals surface area contributed by atoms with Gasteiger partial charge in [0, 0.05) is 19.3 Å². The highest BCUT2D eigenvalue weighted by atomic mass is 16.5. The Hall–Kier alpha value is -0.0800. The van der Waals surface area contributed by atoms with Crippen molar-refractivity contribution in [1.82, 2.24) is 5.32 Å². The van der Waals surface area contributed by atoms with E-state index in [1.54, 1.807) is 0 Å². The van der Waals surface area contributed by atoms with Gasteiger partial charge in [-0.05, 0) is 62.3 Å². The molecule has 1 heterocycles. The Kier molecular flexibility index (Phi) is 5.30. The Morgan fingerprint density at radius 3 is 2.42 bits per heavy atom. The van der Waals surface area contributed by atoms with Crippen LogP contribution in [0.3, 0.4) is 0 Å². The summed E-state index contributed by atoms with van der Waals surface area (Å²) >= 11 is 0. The van der Waals surface area contributed by atoms with Crippen LogP contribution in [-0.2, 0) is 4.74 Å². The third kappa shape index (κ3) is 3.95. The summed E-state index contributed by atoms with van der Waals surface area (Å²) in [6.07, 6.45) is 8.11. The Labute approximate surface area is 119 Å². The average molecular weight is 267 g/mol. The molecule has 1 aliphatic carbocycles. The molecule has 0 spiro atoms. The van der Waals surface area contributed by atoms with E-state index in [0.717, 1.165) is 37.0 Å². The van der Waals surface area contributed by atoms with Crippen molar-refractivity contribution in [2.75, 3.05) is 20.3 Å². The molecule has 19 heavy (non-hydrogen) atoms. The van der Waals surface area contributed by atoms with Crippen molar-refractivity contribution >= 4 is 0 Å². The van der Waals surface area contributed by atoms with Crippen LogP contribution >= 0.6 is 0 Å². The Morgan fingerprint density at radius 1 is 1.11 bits per heavy atom. The summed E-state index contributed by atoms with van der Waals surface area (Å²) in [7, 11) is 2.15. The summed E-state index contributed by atoms with van der Waals surface area (Å²) < 4.78 is 5.50. The number of ether oxygens (including phenoxy) is 1. The van der Waals surface area contributed by atoms with Crippen LogP contribution in [0.25, 0.3) is 0 Å². The molecular formula is C17H33NO. The highest BCUT2D eigenvalue weighted by Crippen LogP contribution is 2.45. The highest BCUT2D eigenvalue weighted by molar-refractivity contribution is 4.92. The van der Waals surface area contributed by atoms with Gasteiger partial charge in [-0.15, -0.1) is 0 Å². The van der Waals surface area contributed by atoms with Gasteiger partial charge in [0.25, 0.3) is 0 Å². The Balaban J connectivity index is 1.96. The molecule has 0 aromatic carbocycles. The summed E-state index contributed by atoms with van der Waals surface area (Å²) in [5.41, 5.74) is 0.468. The highest BCUT2D eigenvalue weighted by Gasteiger charge is 2.39. The lowest BCUT2D eigenvalue weighted by molar-refractivity contribution is 0.0249. The first kappa shape index (κ1) is 15.3. The van der Waals surface area contributed by atoms with Crippen LogP contribution in [0.1, 0.15) is 59.3 Å². The quantitative estimate of drug-likeness (QED) is 0.835. The molecule has 2 nitrogen and oxygen atoms in total. The standard InChI is InChI=1S/C17H33NO/c1-13-5-6-15(16(11-13)18-4)17(2,3)12-14-7-9-19-10-8-14/h13-16,18H,5-12H2,1-4H3. The summed E-state index contributed by atoms with van der Waals surface area (Å²) in [6.45, 7) is 9.39. The molecule has 0 amide bonds. The molecule has 1 saturated heterocycles. The van der Waals surface area contributed by atoms with Gasteiger partial charge in [-0.1, -0.05) is 27.2 Å². The van der Waals surface area contributed by atoms with Gasteiger partial charge in [0.05, 0.1) is 0 Å². The van der Waals surface area contributed by atoms with Gasteiger partial charge >= 0.3 is 0 Å². The van der Waals surface area contributed by atoms with Crippen LogP contribution < -0.4 is 5.32 Å². The largest absolute Gasteiger partial charge is 0.381 e. The molecule has 3 unspecified atom stereocenters. The van der Waals surface area contributed by atoms with Gasteiger partial charge in [-0.2, -0.15) is 0 Å². The number of hydrogen-bond donors (Lipinski definition) is 1. The zero-order chi connectivity index (χ0) is 13.9. The second-order valence-corrected chi connectivity index (χ2v) is 7.67. The topological polar surface area (TPSA) is 21.3 Å². The lowest BCUT2D eigenvalue weighted by atomic mass is 9.63. The first-order chi connectivity index (χ1) is 9.03. The molecule has 1 saturated carbocycles. The molecule has 3 atom stereocenters. The van der Waals surface area contributed by atoms with Crippen LogP contribution in [0.15, 0.2) is 0 Å². The van der Waals surface area contributed by atoms with E-state index in [1.165, 1.54) is 38.5 Å². The zero-order valence-corrected chi connectivity index (χ0v) is 13.4. The van der Waals surface area contributed by atoms with Crippen LogP contribution in [0, 0.1) is 23.2 Å². The van der Waals surface area contributed by atoms with E-state index >= 15 is 0 Å². The van der Waals surface area contributed by atoms with Crippen molar-refractivity contribution in [2.24, 2.45) is 23.2 Å². The molecule has 0 bridgehead atoms. The molecule has 0 aromatic heterocycles. The van der Waals surface area contributed by atoms with E-state index < -0.39 is 0 Å². The maximum absolute atomic E-state index is 5.50. The molecule has 112 valence electrons. The van der Waals surface area contributed by atoms with Crippen molar-refractivity contribution in [3.8, 4) is 0 Å². The Bertz CT molecular complexity index is 270. The minimum absolute atomic E-state index is 0.468. The molecule has 0 radical (unpaired) electrons. The van der Waals surface area contributed by atoms with Gasteiger partial charge < -0.3 is 10.1 Å². The molecular weight excluding hydrogens is 234 g/mol. The maximum Gasteiger partial charge on any atom is 0.0468 e. The van der Waals surface area contributed by atoms with Gasteiger partial charge in [0.1, 0.15) is 0 Å². The van der Waals surface area contributed by atoms with Crippen molar-refractivity contribution < 1.29 is 4.74 Å². The molecule has 2 aliphatic rings. The van der Waals surface area contributed by atoms with E-state index in [0.29, 0.717) is 5.41 Å². The number of rotatable bonds is 4. The lowest BCUT2D eigenvalue weighted by Crippen LogP contribution is -2.46. The third-order valence-corrected chi connectivity index (χ3v) is 5.64. The first-order valence-electron chi connectivity index (χ1n) is 8.28. The fraction of sp³-hybridized carbons (Fsp3) is 1.00. The second kappa shape index (κ2) is 6.58. The van der Waals surface area contributed by atoms with E-state index in [9.17, 15) is 0 Å². The molecule has 1 aliphatic heterocycles. The average Bonchev–Trinajstić information content (AvgIpc) is 2.38. The lowest BCUT2D eigenvalue weighted by Gasteiger charge is -2.46.